The zero-order valence-electron chi connectivity index (χ0n) is 30.5. The van der Waals surface area contributed by atoms with Crippen LogP contribution in [-0.4, -0.2) is 87.6 Å². The molecule has 9 nitrogen and oxygen atoms in total. The molecule has 1 atom stereocenters. The van der Waals surface area contributed by atoms with Gasteiger partial charge in [0, 0.05) is 53.6 Å². The van der Waals surface area contributed by atoms with Gasteiger partial charge in [0.05, 0.1) is 23.1 Å². The van der Waals surface area contributed by atoms with Crippen molar-refractivity contribution < 1.29 is 19.0 Å². The fourth-order valence-electron chi connectivity index (χ4n) is 8.13. The molecule has 2 N–H and O–H groups in total. The molecule has 0 radical (unpaired) electrons. The van der Waals surface area contributed by atoms with Crippen molar-refractivity contribution in [3.05, 3.63) is 40.4 Å². The number of pyridine rings is 1. The molecule has 7 heterocycles. The van der Waals surface area contributed by atoms with Crippen molar-refractivity contribution in [2.45, 2.75) is 109 Å². The molecular formula is C39H54ClFN6O3. The Morgan fingerprint density at radius 1 is 1.02 bits per heavy atom. The number of fused-ring (bicyclic) bond motifs is 13. The number of benzene rings is 1. The van der Waals surface area contributed by atoms with Crippen LogP contribution in [-0.2, 0) is 17.6 Å². The summed E-state index contributed by atoms with van der Waals surface area (Å²) in [5, 5.41) is 13.3. The fourth-order valence-corrected chi connectivity index (χ4v) is 8.43. The number of aromatic amines is 1. The molecular weight excluding hydrogens is 655 g/mol. The van der Waals surface area contributed by atoms with Gasteiger partial charge in [-0.25, -0.2) is 4.39 Å². The van der Waals surface area contributed by atoms with E-state index < -0.39 is 11.4 Å². The van der Waals surface area contributed by atoms with Gasteiger partial charge in [0.25, 0.3) is 0 Å². The SMILES string of the molecule is CC.CCc1cc2c3c(c(Cl)cc2[nH]1)CCCOCC(O)(CC)CCCCN(C)c1nc(OCC24CCCN2CCC4)nc2c(F)c-3ncc12. The standard InChI is InChI=1S/C37H48ClFN6O3.C2H6/c1-4-24-19-26-29(41-24)20-28(38)25-11-8-18-47-23-37(46,5-2)14-6-7-15-44(3)34-27-21-40-33(30(25)26)31(39)32(27)42-35(43-34)48-22-36-12-9-16-45(36)17-10-13-36;1-2/h19-21,41,46H,4-18,22-23H2,1-3H3;1-2H3. The van der Waals surface area contributed by atoms with E-state index in [9.17, 15) is 5.11 Å². The minimum atomic E-state index is -0.882. The Morgan fingerprint density at radius 3 is 2.54 bits per heavy atom. The van der Waals surface area contributed by atoms with E-state index in [2.05, 4.69) is 22.9 Å². The lowest BCUT2D eigenvalue weighted by Crippen LogP contribution is -2.43. The normalized spacial score (nSPS) is 21.6. The van der Waals surface area contributed by atoms with Crippen molar-refractivity contribution in [1.29, 1.82) is 0 Å². The molecule has 11 heteroatoms. The number of anilines is 1. The third kappa shape index (κ3) is 7.18. The smallest absolute Gasteiger partial charge is 0.319 e. The molecule has 1 unspecified atom stereocenters. The van der Waals surface area contributed by atoms with E-state index in [4.69, 9.17) is 36.0 Å². The van der Waals surface area contributed by atoms with E-state index in [1.165, 1.54) is 0 Å². The van der Waals surface area contributed by atoms with Crippen molar-refractivity contribution in [3.8, 4) is 17.3 Å². The van der Waals surface area contributed by atoms with Crippen molar-refractivity contribution in [2.24, 2.45) is 0 Å². The van der Waals surface area contributed by atoms with E-state index in [1.807, 2.05) is 38.8 Å². The average Bonchev–Trinajstić information content (AvgIpc) is 3.84. The molecule has 1 aromatic carbocycles. The molecule has 50 heavy (non-hydrogen) atoms. The lowest BCUT2D eigenvalue weighted by Gasteiger charge is -2.31. The molecule has 4 aromatic rings. The van der Waals surface area contributed by atoms with Gasteiger partial charge in [0.1, 0.15) is 23.6 Å². The number of ether oxygens (including phenoxy) is 2. The van der Waals surface area contributed by atoms with Crippen molar-refractivity contribution in [1.82, 2.24) is 24.8 Å². The predicted molar refractivity (Wildman–Crippen MR) is 200 cm³/mol. The van der Waals surface area contributed by atoms with E-state index in [0.717, 1.165) is 80.2 Å². The van der Waals surface area contributed by atoms with Gasteiger partial charge in [-0.1, -0.05) is 39.3 Å². The summed E-state index contributed by atoms with van der Waals surface area (Å²) < 4.78 is 29.6. The van der Waals surface area contributed by atoms with Gasteiger partial charge >= 0.3 is 6.01 Å². The van der Waals surface area contributed by atoms with Crippen molar-refractivity contribution in [3.63, 3.8) is 0 Å². The summed E-state index contributed by atoms with van der Waals surface area (Å²) in [6, 6.07) is 4.18. The molecule has 8 rings (SSSR count). The molecule has 4 bridgehead atoms. The van der Waals surface area contributed by atoms with Crippen LogP contribution in [0.3, 0.4) is 0 Å². The highest BCUT2D eigenvalue weighted by Gasteiger charge is 2.45. The minimum absolute atomic E-state index is 0.00363. The first-order valence-corrected chi connectivity index (χ1v) is 19.2. The Balaban J connectivity index is 0.00000212. The Kier molecular flexibility index (Phi) is 11.5. The largest absolute Gasteiger partial charge is 0.461 e. The predicted octanol–water partition coefficient (Wildman–Crippen LogP) is 8.27. The van der Waals surface area contributed by atoms with Gasteiger partial charge in [0.15, 0.2) is 5.82 Å². The van der Waals surface area contributed by atoms with Gasteiger partial charge in [-0.15, -0.1) is 0 Å². The van der Waals surface area contributed by atoms with Crippen LogP contribution in [0.25, 0.3) is 33.1 Å². The maximum absolute atomic E-state index is 17.1. The summed E-state index contributed by atoms with van der Waals surface area (Å²) in [4.78, 5) is 22.4. The number of aromatic nitrogens is 4. The molecule has 0 saturated carbocycles. The first-order valence-electron chi connectivity index (χ1n) is 18.8. The van der Waals surface area contributed by atoms with Crippen LogP contribution in [0.1, 0.15) is 96.7 Å². The number of aryl methyl sites for hydroxylation is 1. The highest BCUT2D eigenvalue weighted by atomic mass is 35.5. The second-order valence-corrected chi connectivity index (χ2v) is 14.6. The molecule has 0 aliphatic carbocycles. The maximum Gasteiger partial charge on any atom is 0.319 e. The molecule has 3 aromatic heterocycles. The minimum Gasteiger partial charge on any atom is -0.461 e. The van der Waals surface area contributed by atoms with Gasteiger partial charge in [-0.05, 0) is 101 Å². The number of rotatable bonds is 5. The van der Waals surface area contributed by atoms with Crippen LogP contribution >= 0.6 is 11.6 Å². The molecule has 0 spiro atoms. The van der Waals surface area contributed by atoms with Gasteiger partial charge in [0.2, 0.25) is 0 Å². The van der Waals surface area contributed by atoms with Crippen molar-refractivity contribution >= 4 is 39.2 Å². The maximum atomic E-state index is 17.1. The molecule has 4 aliphatic rings. The third-order valence-electron chi connectivity index (χ3n) is 11.1. The van der Waals surface area contributed by atoms with E-state index in [1.54, 1.807) is 6.20 Å². The highest BCUT2D eigenvalue weighted by Crippen LogP contribution is 2.42. The van der Waals surface area contributed by atoms with Crippen LogP contribution in [0.4, 0.5) is 10.2 Å². The second-order valence-electron chi connectivity index (χ2n) is 14.2. The van der Waals surface area contributed by atoms with Gasteiger partial charge in [-0.2, -0.15) is 9.97 Å². The Labute approximate surface area is 300 Å². The van der Waals surface area contributed by atoms with Crippen molar-refractivity contribution in [2.75, 3.05) is 51.4 Å². The van der Waals surface area contributed by atoms with Crippen LogP contribution < -0.4 is 9.64 Å². The summed E-state index contributed by atoms with van der Waals surface area (Å²) >= 11 is 6.97. The van der Waals surface area contributed by atoms with Gasteiger partial charge < -0.3 is 24.5 Å². The second kappa shape index (κ2) is 15.7. The van der Waals surface area contributed by atoms with Crippen LogP contribution in [0.5, 0.6) is 6.01 Å². The number of hydrogen-bond acceptors (Lipinski definition) is 8. The number of nitrogens with zero attached hydrogens (tertiary/aromatic N) is 5. The Bertz CT molecular complexity index is 1790. The van der Waals surface area contributed by atoms with E-state index >= 15 is 4.39 Å². The quantitative estimate of drug-likeness (QED) is 0.214. The number of hydrogen-bond donors (Lipinski definition) is 2. The average molecular weight is 709 g/mol. The monoisotopic (exact) mass is 708 g/mol. The lowest BCUT2D eigenvalue weighted by atomic mass is 9.94. The number of H-pyrrole nitrogens is 1. The van der Waals surface area contributed by atoms with Crippen LogP contribution in [0, 0.1) is 5.82 Å². The zero-order chi connectivity index (χ0) is 35.5. The molecule has 0 amide bonds. The third-order valence-corrected chi connectivity index (χ3v) is 11.4. The van der Waals surface area contributed by atoms with Crippen LogP contribution in [0.2, 0.25) is 5.02 Å². The summed E-state index contributed by atoms with van der Waals surface area (Å²) in [5.41, 5.74) is 2.88. The molecule has 4 aliphatic heterocycles. The summed E-state index contributed by atoms with van der Waals surface area (Å²) in [5.74, 6) is 0.0760. The number of nitrogens with one attached hydrogen (secondary N) is 1. The Hall–Kier alpha value is -3.05. The van der Waals surface area contributed by atoms with Gasteiger partial charge in [-0.3, -0.25) is 9.88 Å². The lowest BCUT2D eigenvalue weighted by molar-refractivity contribution is -0.0556. The zero-order valence-corrected chi connectivity index (χ0v) is 31.3. The number of halogens is 2. The number of aliphatic hydroxyl groups is 1. The van der Waals surface area contributed by atoms with E-state index in [0.29, 0.717) is 67.2 Å². The summed E-state index contributed by atoms with van der Waals surface area (Å²) in [6.45, 7) is 12.1. The first-order chi connectivity index (χ1) is 24.2. The van der Waals surface area contributed by atoms with E-state index in [-0.39, 0.29) is 29.4 Å². The summed E-state index contributed by atoms with van der Waals surface area (Å²) in [7, 11) is 1.96. The molecule has 2 saturated heterocycles. The fraction of sp³-hybridized carbons (Fsp3) is 0.615. The topological polar surface area (TPSA) is 99.6 Å². The van der Waals surface area contributed by atoms with Crippen LogP contribution in [0.15, 0.2) is 18.3 Å². The molecule has 272 valence electrons. The first kappa shape index (κ1) is 36.7. The molecule has 2 fully saturated rings. The Morgan fingerprint density at radius 2 is 1.80 bits per heavy atom. The summed E-state index contributed by atoms with van der Waals surface area (Å²) in [6.07, 6.45) is 11.1. The highest BCUT2D eigenvalue weighted by molar-refractivity contribution is 6.33.